The molecular weight excluding hydrogens is 116 g/mol. The third-order valence-corrected chi connectivity index (χ3v) is 2.53. The summed E-state index contributed by atoms with van der Waals surface area (Å²) in [4.78, 5) is 0. The zero-order chi connectivity index (χ0) is 7.02. The third kappa shape index (κ3) is 1.10. The Labute approximate surface area is 55.5 Å². The Kier molecular flexibility index (Phi) is 1.78. The summed E-state index contributed by atoms with van der Waals surface area (Å²) in [5.41, 5.74) is 0. The summed E-state index contributed by atoms with van der Waals surface area (Å²) in [6.45, 7) is 3.96. The fraction of sp³-hybridized carbons (Fsp3) is 1.00. The van der Waals surface area contributed by atoms with Gasteiger partial charge >= 0.3 is 0 Å². The molecule has 54 valence electrons. The third-order valence-electron chi connectivity index (χ3n) is 2.53. The van der Waals surface area contributed by atoms with Crippen LogP contribution in [0.3, 0.4) is 0 Å². The molecule has 0 heterocycles. The number of hydrogen-bond donors (Lipinski definition) is 2. The van der Waals surface area contributed by atoms with Gasteiger partial charge in [-0.05, 0) is 18.3 Å². The number of hydrogen-bond acceptors (Lipinski definition) is 2. The second-order valence-corrected chi connectivity index (χ2v) is 3.09. The normalized spacial score (nSPS) is 52.0. The van der Waals surface area contributed by atoms with E-state index in [0.29, 0.717) is 6.42 Å². The maximum Gasteiger partial charge on any atom is 0.0594 e. The molecule has 0 radical (unpaired) electrons. The van der Waals surface area contributed by atoms with Gasteiger partial charge in [0.2, 0.25) is 0 Å². The summed E-state index contributed by atoms with van der Waals surface area (Å²) >= 11 is 0. The van der Waals surface area contributed by atoms with E-state index in [2.05, 4.69) is 0 Å². The van der Waals surface area contributed by atoms with E-state index in [9.17, 15) is 10.2 Å². The van der Waals surface area contributed by atoms with Gasteiger partial charge in [-0.25, -0.2) is 0 Å². The molecule has 0 aromatic rings. The molecule has 1 rings (SSSR count). The Morgan fingerprint density at radius 2 is 1.33 bits per heavy atom. The molecule has 1 saturated carbocycles. The van der Waals surface area contributed by atoms with Crippen molar-refractivity contribution in [1.29, 1.82) is 0 Å². The predicted molar refractivity (Wildman–Crippen MR) is 35.0 cm³/mol. The smallest absolute Gasteiger partial charge is 0.0594 e. The van der Waals surface area contributed by atoms with Gasteiger partial charge in [-0.3, -0.25) is 0 Å². The molecule has 9 heavy (non-hydrogen) atoms. The van der Waals surface area contributed by atoms with Crippen LogP contribution in [0.1, 0.15) is 20.3 Å². The molecule has 2 nitrogen and oxygen atoms in total. The van der Waals surface area contributed by atoms with Gasteiger partial charge in [-0.15, -0.1) is 0 Å². The number of rotatable bonds is 0. The van der Waals surface area contributed by atoms with Crippen LogP contribution in [0.4, 0.5) is 0 Å². The lowest BCUT2D eigenvalue weighted by Gasteiger charge is -2.12. The van der Waals surface area contributed by atoms with Gasteiger partial charge < -0.3 is 10.2 Å². The van der Waals surface area contributed by atoms with Crippen molar-refractivity contribution in [3.8, 4) is 0 Å². The molecule has 0 aromatic heterocycles. The molecule has 1 unspecified atom stereocenters. The minimum atomic E-state index is -0.282. The van der Waals surface area contributed by atoms with Crippen LogP contribution in [-0.2, 0) is 0 Å². The van der Waals surface area contributed by atoms with E-state index in [1.54, 1.807) is 0 Å². The first kappa shape index (κ1) is 7.03. The molecule has 0 amide bonds. The standard InChI is InChI=1S/C7H14O2/c1-4-5(2)7(9)3-6(4)8/h4-9H,3H2,1-2H3/t4-,5?,6+,7-/m1/s1. The van der Waals surface area contributed by atoms with Crippen molar-refractivity contribution in [2.75, 3.05) is 0 Å². The molecule has 1 fully saturated rings. The Balaban J connectivity index is 2.54. The van der Waals surface area contributed by atoms with E-state index in [1.807, 2.05) is 13.8 Å². The average molecular weight is 130 g/mol. The summed E-state index contributed by atoms with van der Waals surface area (Å²) < 4.78 is 0. The second kappa shape index (κ2) is 2.27. The minimum Gasteiger partial charge on any atom is -0.393 e. The largest absolute Gasteiger partial charge is 0.393 e. The average Bonchev–Trinajstić information content (AvgIpc) is 1.98. The van der Waals surface area contributed by atoms with Gasteiger partial charge in [0.25, 0.3) is 0 Å². The molecule has 0 bridgehead atoms. The Hall–Kier alpha value is -0.0800. The first-order chi connectivity index (χ1) is 4.13. The zero-order valence-electron chi connectivity index (χ0n) is 5.91. The minimum absolute atomic E-state index is 0.264. The van der Waals surface area contributed by atoms with Crippen molar-refractivity contribution in [1.82, 2.24) is 0 Å². The Morgan fingerprint density at radius 3 is 1.44 bits per heavy atom. The molecular formula is C7H14O2. The lowest BCUT2D eigenvalue weighted by Crippen LogP contribution is -2.15. The van der Waals surface area contributed by atoms with Crippen LogP contribution in [0.2, 0.25) is 0 Å². The summed E-state index contributed by atoms with van der Waals surface area (Å²) in [5.74, 6) is 0.528. The van der Waals surface area contributed by atoms with Gasteiger partial charge in [-0.1, -0.05) is 13.8 Å². The van der Waals surface area contributed by atoms with Gasteiger partial charge in [0.15, 0.2) is 0 Å². The van der Waals surface area contributed by atoms with Crippen LogP contribution in [-0.4, -0.2) is 22.4 Å². The van der Waals surface area contributed by atoms with E-state index in [0.717, 1.165) is 0 Å². The SMILES string of the molecule is CC1[C@H](O)C[C@H](O)[C@@H]1C. The summed E-state index contributed by atoms with van der Waals surface area (Å²) in [6.07, 6.45) is -0.00694. The van der Waals surface area contributed by atoms with Crippen molar-refractivity contribution in [3.63, 3.8) is 0 Å². The van der Waals surface area contributed by atoms with Crippen molar-refractivity contribution in [3.05, 3.63) is 0 Å². The highest BCUT2D eigenvalue weighted by Crippen LogP contribution is 2.31. The molecule has 0 spiro atoms. The van der Waals surface area contributed by atoms with Crippen molar-refractivity contribution in [2.24, 2.45) is 11.8 Å². The fourth-order valence-electron chi connectivity index (χ4n) is 1.38. The van der Waals surface area contributed by atoms with E-state index in [-0.39, 0.29) is 24.0 Å². The summed E-state index contributed by atoms with van der Waals surface area (Å²) in [5, 5.41) is 18.4. The highest BCUT2D eigenvalue weighted by Gasteiger charge is 2.35. The second-order valence-electron chi connectivity index (χ2n) is 3.09. The van der Waals surface area contributed by atoms with Crippen LogP contribution in [0.25, 0.3) is 0 Å². The Morgan fingerprint density at radius 1 is 1.00 bits per heavy atom. The molecule has 2 heteroatoms. The van der Waals surface area contributed by atoms with E-state index < -0.39 is 0 Å². The molecule has 4 atom stereocenters. The van der Waals surface area contributed by atoms with Gasteiger partial charge in [0.1, 0.15) is 0 Å². The molecule has 2 N–H and O–H groups in total. The van der Waals surface area contributed by atoms with Crippen molar-refractivity contribution in [2.45, 2.75) is 32.5 Å². The lowest BCUT2D eigenvalue weighted by atomic mass is 9.98. The molecule has 1 aliphatic rings. The highest BCUT2D eigenvalue weighted by atomic mass is 16.3. The number of aliphatic hydroxyl groups excluding tert-OH is 2. The monoisotopic (exact) mass is 130 g/mol. The van der Waals surface area contributed by atoms with E-state index in [4.69, 9.17) is 0 Å². The zero-order valence-corrected chi connectivity index (χ0v) is 5.91. The van der Waals surface area contributed by atoms with Gasteiger partial charge in [-0.2, -0.15) is 0 Å². The van der Waals surface area contributed by atoms with E-state index >= 15 is 0 Å². The molecule has 0 saturated heterocycles. The summed E-state index contributed by atoms with van der Waals surface area (Å²) in [7, 11) is 0. The lowest BCUT2D eigenvalue weighted by molar-refractivity contribution is 0.123. The topological polar surface area (TPSA) is 40.5 Å². The van der Waals surface area contributed by atoms with Crippen LogP contribution < -0.4 is 0 Å². The molecule has 0 aromatic carbocycles. The maximum absolute atomic E-state index is 9.18. The Bertz CT molecular complexity index is 91.1. The maximum atomic E-state index is 9.18. The molecule has 1 aliphatic carbocycles. The van der Waals surface area contributed by atoms with Crippen LogP contribution >= 0.6 is 0 Å². The predicted octanol–water partition coefficient (Wildman–Crippen LogP) is 0.384. The first-order valence-corrected chi connectivity index (χ1v) is 3.49. The number of aliphatic hydroxyl groups is 2. The highest BCUT2D eigenvalue weighted by molar-refractivity contribution is 4.85. The molecule has 0 aliphatic heterocycles. The summed E-state index contributed by atoms with van der Waals surface area (Å²) in [6, 6.07) is 0. The quantitative estimate of drug-likeness (QED) is 0.498. The van der Waals surface area contributed by atoms with Gasteiger partial charge in [0.05, 0.1) is 12.2 Å². The van der Waals surface area contributed by atoms with Crippen LogP contribution in [0, 0.1) is 11.8 Å². The van der Waals surface area contributed by atoms with Crippen LogP contribution in [0.5, 0.6) is 0 Å². The van der Waals surface area contributed by atoms with Crippen molar-refractivity contribution < 1.29 is 10.2 Å². The van der Waals surface area contributed by atoms with Crippen LogP contribution in [0.15, 0.2) is 0 Å². The van der Waals surface area contributed by atoms with Gasteiger partial charge in [0, 0.05) is 0 Å². The van der Waals surface area contributed by atoms with E-state index in [1.165, 1.54) is 0 Å². The van der Waals surface area contributed by atoms with Crippen molar-refractivity contribution >= 4 is 0 Å². The first-order valence-electron chi connectivity index (χ1n) is 3.49. The fourth-order valence-corrected chi connectivity index (χ4v) is 1.38.